The average molecular weight is 337 g/mol. The second-order valence-corrected chi connectivity index (χ2v) is 6.69. The maximum atomic E-state index is 13.9. The van der Waals surface area contributed by atoms with E-state index in [1.807, 2.05) is 30.8 Å². The van der Waals surface area contributed by atoms with Crippen LogP contribution in [0.15, 0.2) is 18.5 Å². The Balaban J connectivity index is 1.99. The van der Waals surface area contributed by atoms with Crippen molar-refractivity contribution >= 4 is 5.91 Å². The Morgan fingerprint density at radius 3 is 2.62 bits per heavy atom. The molecule has 2 rings (SSSR count). The maximum Gasteiger partial charge on any atom is 0.239 e. The summed E-state index contributed by atoms with van der Waals surface area (Å²) in [6.07, 6.45) is 3.73. The third-order valence-electron chi connectivity index (χ3n) is 4.60. The molecule has 2 heterocycles. The van der Waals surface area contributed by atoms with E-state index in [-0.39, 0.29) is 18.0 Å². The number of amides is 1. The summed E-state index contributed by atoms with van der Waals surface area (Å²) in [5.74, 6) is 0.769. The van der Waals surface area contributed by atoms with Gasteiger partial charge in [0.25, 0.3) is 0 Å². The molecule has 0 radical (unpaired) electrons. The SMILES string of the molecule is CC[C@@H](C(=O)N(C)C[C@@H]1C[C@H](F)CN1Cc1ncccn1)N(C)C. The molecule has 1 aliphatic rings. The van der Waals surface area contributed by atoms with E-state index in [9.17, 15) is 9.18 Å². The van der Waals surface area contributed by atoms with Gasteiger partial charge in [0.15, 0.2) is 0 Å². The van der Waals surface area contributed by atoms with Gasteiger partial charge in [-0.1, -0.05) is 6.92 Å². The topological polar surface area (TPSA) is 52.6 Å². The van der Waals surface area contributed by atoms with Crippen LogP contribution in [0.4, 0.5) is 4.39 Å². The Morgan fingerprint density at radius 1 is 1.38 bits per heavy atom. The van der Waals surface area contributed by atoms with Crippen LogP contribution in [0.2, 0.25) is 0 Å². The number of rotatable bonds is 7. The molecule has 0 aliphatic carbocycles. The van der Waals surface area contributed by atoms with Gasteiger partial charge < -0.3 is 4.90 Å². The van der Waals surface area contributed by atoms with Gasteiger partial charge in [-0.05, 0) is 33.0 Å². The van der Waals surface area contributed by atoms with Gasteiger partial charge in [0.2, 0.25) is 5.91 Å². The summed E-state index contributed by atoms with van der Waals surface area (Å²) in [6, 6.07) is 1.63. The smallest absolute Gasteiger partial charge is 0.239 e. The van der Waals surface area contributed by atoms with Gasteiger partial charge in [-0.2, -0.15) is 0 Å². The van der Waals surface area contributed by atoms with Gasteiger partial charge in [0.1, 0.15) is 12.0 Å². The highest BCUT2D eigenvalue weighted by atomic mass is 19.1. The van der Waals surface area contributed by atoms with Crippen LogP contribution in [0.1, 0.15) is 25.6 Å². The van der Waals surface area contributed by atoms with Crippen LogP contribution in [0.25, 0.3) is 0 Å². The zero-order valence-electron chi connectivity index (χ0n) is 15.0. The highest BCUT2D eigenvalue weighted by Crippen LogP contribution is 2.23. The van der Waals surface area contributed by atoms with Crippen molar-refractivity contribution in [3.8, 4) is 0 Å². The number of aromatic nitrogens is 2. The Morgan fingerprint density at radius 2 is 2.04 bits per heavy atom. The third-order valence-corrected chi connectivity index (χ3v) is 4.60. The van der Waals surface area contributed by atoms with Crippen molar-refractivity contribution in [2.45, 2.75) is 44.6 Å². The Labute approximate surface area is 143 Å². The van der Waals surface area contributed by atoms with Crippen LogP contribution in [0.5, 0.6) is 0 Å². The van der Waals surface area contributed by atoms with Crippen LogP contribution < -0.4 is 0 Å². The van der Waals surface area contributed by atoms with Crippen molar-refractivity contribution in [3.63, 3.8) is 0 Å². The standard InChI is InChI=1S/C17H28FN5O/c1-5-15(21(2)3)17(24)22(4)11-14-9-13(18)10-23(14)12-16-19-7-6-8-20-16/h6-8,13-15H,5,9-12H2,1-4H3/t13-,14-,15-/m0/s1. The van der Waals surface area contributed by atoms with E-state index in [1.54, 1.807) is 30.4 Å². The Kier molecular flexibility index (Phi) is 6.62. The van der Waals surface area contributed by atoms with E-state index in [0.29, 0.717) is 31.9 Å². The fraction of sp³-hybridized carbons (Fsp3) is 0.706. The number of alkyl halides is 1. The second-order valence-electron chi connectivity index (χ2n) is 6.69. The number of halogens is 1. The summed E-state index contributed by atoms with van der Waals surface area (Å²) in [6.45, 7) is 3.41. The lowest BCUT2D eigenvalue weighted by atomic mass is 10.1. The van der Waals surface area contributed by atoms with Crippen LogP contribution in [0, 0.1) is 0 Å². The molecule has 0 spiro atoms. The predicted octanol–water partition coefficient (Wildman–Crippen LogP) is 1.19. The van der Waals surface area contributed by atoms with Crippen LogP contribution in [0.3, 0.4) is 0 Å². The quantitative estimate of drug-likeness (QED) is 0.748. The number of likely N-dealkylation sites (N-methyl/N-ethyl adjacent to an activating group) is 2. The Hall–Kier alpha value is -1.60. The molecular weight excluding hydrogens is 309 g/mol. The highest BCUT2D eigenvalue weighted by Gasteiger charge is 2.34. The van der Waals surface area contributed by atoms with Gasteiger partial charge in [0.05, 0.1) is 12.6 Å². The predicted molar refractivity (Wildman–Crippen MR) is 91.1 cm³/mol. The summed E-state index contributed by atoms with van der Waals surface area (Å²) < 4.78 is 13.9. The summed E-state index contributed by atoms with van der Waals surface area (Å²) in [4.78, 5) is 26.7. The van der Waals surface area contributed by atoms with E-state index in [1.165, 1.54) is 0 Å². The molecule has 3 atom stereocenters. The summed E-state index contributed by atoms with van der Waals surface area (Å²) in [7, 11) is 5.62. The number of hydrogen-bond donors (Lipinski definition) is 0. The fourth-order valence-corrected chi connectivity index (χ4v) is 3.32. The zero-order chi connectivity index (χ0) is 17.7. The van der Waals surface area contributed by atoms with Gasteiger partial charge in [-0.25, -0.2) is 14.4 Å². The molecule has 6 nitrogen and oxygen atoms in total. The highest BCUT2D eigenvalue weighted by molar-refractivity contribution is 5.81. The summed E-state index contributed by atoms with van der Waals surface area (Å²) >= 11 is 0. The first-order valence-corrected chi connectivity index (χ1v) is 8.47. The molecule has 0 N–H and O–H groups in total. The Bertz CT molecular complexity index is 527. The van der Waals surface area contributed by atoms with Gasteiger partial charge >= 0.3 is 0 Å². The molecule has 0 unspecified atom stereocenters. The molecule has 134 valence electrons. The zero-order valence-corrected chi connectivity index (χ0v) is 15.0. The first kappa shape index (κ1) is 18.7. The molecule has 1 aromatic rings. The van der Waals surface area contributed by atoms with E-state index < -0.39 is 6.17 Å². The molecule has 24 heavy (non-hydrogen) atoms. The lowest BCUT2D eigenvalue weighted by Gasteiger charge is -2.31. The summed E-state index contributed by atoms with van der Waals surface area (Å²) in [5, 5.41) is 0. The first-order valence-electron chi connectivity index (χ1n) is 8.47. The minimum atomic E-state index is -0.863. The lowest BCUT2D eigenvalue weighted by Crippen LogP contribution is -2.48. The average Bonchev–Trinajstić information content (AvgIpc) is 2.87. The van der Waals surface area contributed by atoms with E-state index in [4.69, 9.17) is 0 Å². The molecular formula is C17H28FN5O. The monoisotopic (exact) mass is 337 g/mol. The first-order chi connectivity index (χ1) is 11.4. The van der Waals surface area contributed by atoms with Crippen molar-refractivity contribution in [2.24, 2.45) is 0 Å². The van der Waals surface area contributed by atoms with Crippen molar-refractivity contribution < 1.29 is 9.18 Å². The van der Waals surface area contributed by atoms with Crippen molar-refractivity contribution in [1.29, 1.82) is 0 Å². The lowest BCUT2D eigenvalue weighted by molar-refractivity contribution is -0.135. The minimum absolute atomic E-state index is 0.00238. The van der Waals surface area contributed by atoms with Gasteiger partial charge in [-0.3, -0.25) is 14.6 Å². The number of carbonyl (C=O) groups is 1. The van der Waals surface area contributed by atoms with Crippen molar-refractivity contribution in [1.82, 2.24) is 24.7 Å². The second kappa shape index (κ2) is 8.48. The number of hydrogen-bond acceptors (Lipinski definition) is 5. The normalized spacial score (nSPS) is 22.8. The van der Waals surface area contributed by atoms with Crippen LogP contribution in [-0.4, -0.2) is 83.1 Å². The minimum Gasteiger partial charge on any atom is -0.343 e. The number of nitrogens with zero attached hydrogens (tertiary/aromatic N) is 5. The molecule has 7 heteroatoms. The fourth-order valence-electron chi connectivity index (χ4n) is 3.32. The molecule has 1 aliphatic heterocycles. The largest absolute Gasteiger partial charge is 0.343 e. The molecule has 1 aromatic heterocycles. The maximum absolute atomic E-state index is 13.9. The molecule has 1 fully saturated rings. The molecule has 0 saturated carbocycles. The van der Waals surface area contributed by atoms with Gasteiger partial charge in [-0.15, -0.1) is 0 Å². The van der Waals surface area contributed by atoms with E-state index >= 15 is 0 Å². The number of likely N-dealkylation sites (tertiary alicyclic amines) is 1. The third kappa shape index (κ3) is 4.70. The molecule has 1 saturated heterocycles. The van der Waals surface area contributed by atoms with Crippen molar-refractivity contribution in [2.75, 3.05) is 34.2 Å². The van der Waals surface area contributed by atoms with Crippen molar-refractivity contribution in [3.05, 3.63) is 24.3 Å². The van der Waals surface area contributed by atoms with Crippen LogP contribution in [-0.2, 0) is 11.3 Å². The number of carbonyl (C=O) groups excluding carboxylic acids is 1. The van der Waals surface area contributed by atoms with E-state index in [2.05, 4.69) is 9.97 Å². The summed E-state index contributed by atoms with van der Waals surface area (Å²) in [5.41, 5.74) is 0. The van der Waals surface area contributed by atoms with Crippen LogP contribution >= 0.6 is 0 Å². The molecule has 1 amide bonds. The van der Waals surface area contributed by atoms with Gasteiger partial charge in [0, 0.05) is 38.6 Å². The van der Waals surface area contributed by atoms with E-state index in [0.717, 1.165) is 6.42 Å². The molecule has 0 bridgehead atoms. The molecule has 0 aromatic carbocycles.